The maximum Gasteiger partial charge on any atom is 0.326 e. The highest BCUT2D eigenvalue weighted by molar-refractivity contribution is 6.39. The Morgan fingerprint density at radius 3 is 2.68 bits per heavy atom. The number of nitrogens with zero attached hydrogens (tertiary/aromatic N) is 3. The summed E-state index contributed by atoms with van der Waals surface area (Å²) in [5.74, 6) is -1.89. The molecule has 2 amide bonds. The fourth-order valence-electron chi connectivity index (χ4n) is 3.82. The molecule has 31 heavy (non-hydrogen) atoms. The van der Waals surface area contributed by atoms with Crippen LogP contribution in [0.1, 0.15) is 6.92 Å². The number of H-pyrrole nitrogens is 1. The predicted molar refractivity (Wildman–Crippen MR) is 117 cm³/mol. The number of hydrogen-bond donors (Lipinski definition) is 2. The molecule has 1 aliphatic heterocycles. The molecule has 0 unspecified atom stereocenters. The molecule has 0 spiro atoms. The number of aromatic nitrogens is 2. The topological polar surface area (TPSA) is 90.4 Å². The molecule has 0 radical (unpaired) electrons. The number of halogens is 2. The van der Waals surface area contributed by atoms with Crippen LogP contribution in [0.4, 0.5) is 15.8 Å². The van der Waals surface area contributed by atoms with Crippen molar-refractivity contribution in [2.45, 2.75) is 13.0 Å². The maximum atomic E-state index is 13.8. The lowest BCUT2D eigenvalue weighted by atomic mass is 10.1. The number of carbonyl (C=O) groups excluding carboxylic acids is 2. The van der Waals surface area contributed by atoms with Gasteiger partial charge in [0.1, 0.15) is 5.82 Å². The first kappa shape index (κ1) is 20.9. The summed E-state index contributed by atoms with van der Waals surface area (Å²) in [5.41, 5.74) is 2.09. The first-order valence-corrected chi connectivity index (χ1v) is 10.1. The van der Waals surface area contributed by atoms with Gasteiger partial charge in [-0.25, -0.2) is 9.18 Å². The minimum Gasteiger partial charge on any atom is -0.365 e. The van der Waals surface area contributed by atoms with Crippen molar-refractivity contribution in [3.8, 4) is 0 Å². The highest BCUT2D eigenvalue weighted by Gasteiger charge is 2.30. The Morgan fingerprint density at radius 1 is 1.19 bits per heavy atom. The van der Waals surface area contributed by atoms with Crippen LogP contribution in [0.25, 0.3) is 11.0 Å². The summed E-state index contributed by atoms with van der Waals surface area (Å²) in [6, 6.07) is 9.41. The Morgan fingerprint density at radius 2 is 1.97 bits per heavy atom. The van der Waals surface area contributed by atoms with Crippen LogP contribution < -0.4 is 15.9 Å². The van der Waals surface area contributed by atoms with Gasteiger partial charge >= 0.3 is 17.5 Å². The Labute approximate surface area is 182 Å². The molecule has 4 rings (SSSR count). The minimum absolute atomic E-state index is 0.0554. The normalized spacial score (nSPS) is 16.6. The highest BCUT2D eigenvalue weighted by atomic mass is 35.5. The third kappa shape index (κ3) is 4.00. The van der Waals surface area contributed by atoms with E-state index in [-0.39, 0.29) is 16.8 Å². The SMILES string of the molecule is C[C@@H]1CN(C(=O)C(=O)Nc2ccc3[nH]c(=O)n(C)c3c2)CCN1c1ccc(Cl)c(F)c1. The molecular formula is C21H21ClFN5O3. The van der Waals surface area contributed by atoms with E-state index in [4.69, 9.17) is 11.6 Å². The van der Waals surface area contributed by atoms with Crippen molar-refractivity contribution in [3.63, 3.8) is 0 Å². The maximum absolute atomic E-state index is 13.8. The molecule has 0 aliphatic carbocycles. The first-order valence-electron chi connectivity index (χ1n) is 9.75. The van der Waals surface area contributed by atoms with Crippen molar-refractivity contribution in [3.05, 3.63) is 57.7 Å². The second-order valence-corrected chi connectivity index (χ2v) is 7.97. The number of rotatable bonds is 2. The van der Waals surface area contributed by atoms with Crippen molar-refractivity contribution in [2.24, 2.45) is 7.05 Å². The number of aromatic amines is 1. The Balaban J connectivity index is 1.43. The molecule has 2 aromatic carbocycles. The Bertz CT molecular complexity index is 1240. The highest BCUT2D eigenvalue weighted by Crippen LogP contribution is 2.25. The van der Waals surface area contributed by atoms with E-state index in [2.05, 4.69) is 10.3 Å². The van der Waals surface area contributed by atoms with Gasteiger partial charge in [0, 0.05) is 44.1 Å². The zero-order valence-corrected chi connectivity index (χ0v) is 17.7. The van der Waals surface area contributed by atoms with Gasteiger partial charge in [-0.15, -0.1) is 0 Å². The second-order valence-electron chi connectivity index (χ2n) is 7.57. The number of nitrogens with one attached hydrogen (secondary N) is 2. The summed E-state index contributed by atoms with van der Waals surface area (Å²) in [6.07, 6.45) is 0. The van der Waals surface area contributed by atoms with Gasteiger partial charge in [0.2, 0.25) is 0 Å². The number of benzene rings is 2. The average molecular weight is 446 g/mol. The van der Waals surface area contributed by atoms with Crippen molar-refractivity contribution in [1.29, 1.82) is 0 Å². The number of fused-ring (bicyclic) bond motifs is 1. The second kappa shape index (κ2) is 8.07. The van der Waals surface area contributed by atoms with Gasteiger partial charge in [0.15, 0.2) is 0 Å². The molecule has 1 saturated heterocycles. The number of hydrogen-bond acceptors (Lipinski definition) is 4. The predicted octanol–water partition coefficient (Wildman–Crippen LogP) is 2.33. The molecule has 8 nitrogen and oxygen atoms in total. The van der Waals surface area contributed by atoms with Crippen LogP contribution in [0, 0.1) is 5.82 Å². The molecule has 1 aliphatic rings. The van der Waals surface area contributed by atoms with Gasteiger partial charge < -0.3 is 20.1 Å². The summed E-state index contributed by atoms with van der Waals surface area (Å²) in [5, 5.41) is 2.66. The van der Waals surface area contributed by atoms with Crippen LogP contribution in [0.3, 0.4) is 0 Å². The largest absolute Gasteiger partial charge is 0.365 e. The molecule has 0 bridgehead atoms. The smallest absolute Gasteiger partial charge is 0.326 e. The number of amides is 2. The van der Waals surface area contributed by atoms with E-state index >= 15 is 0 Å². The van der Waals surface area contributed by atoms with Gasteiger partial charge in [-0.1, -0.05) is 11.6 Å². The number of anilines is 2. The summed E-state index contributed by atoms with van der Waals surface area (Å²) in [6.45, 7) is 3.01. The summed E-state index contributed by atoms with van der Waals surface area (Å²) >= 11 is 5.75. The fraction of sp³-hybridized carbons (Fsp3) is 0.286. The lowest BCUT2D eigenvalue weighted by Crippen LogP contribution is -2.55. The van der Waals surface area contributed by atoms with Gasteiger partial charge in [0.05, 0.1) is 16.1 Å². The average Bonchev–Trinajstić information content (AvgIpc) is 3.03. The zero-order valence-electron chi connectivity index (χ0n) is 17.0. The number of imidazole rings is 1. The molecule has 0 saturated carbocycles. The Hall–Kier alpha value is -3.33. The van der Waals surface area contributed by atoms with Gasteiger partial charge in [-0.2, -0.15) is 0 Å². The van der Waals surface area contributed by atoms with Crippen molar-refractivity contribution < 1.29 is 14.0 Å². The quantitative estimate of drug-likeness (QED) is 0.592. The molecular weight excluding hydrogens is 425 g/mol. The minimum atomic E-state index is -0.752. The van der Waals surface area contributed by atoms with Crippen LogP contribution in [0.5, 0.6) is 0 Å². The van der Waals surface area contributed by atoms with Gasteiger partial charge in [0.25, 0.3) is 0 Å². The fourth-order valence-corrected chi connectivity index (χ4v) is 3.94. The molecule has 10 heteroatoms. The van der Waals surface area contributed by atoms with Crippen LogP contribution in [0.2, 0.25) is 5.02 Å². The van der Waals surface area contributed by atoms with E-state index in [1.54, 1.807) is 31.3 Å². The zero-order chi connectivity index (χ0) is 22.3. The molecule has 1 fully saturated rings. The molecule has 162 valence electrons. The number of aryl methyl sites for hydroxylation is 1. The van der Waals surface area contributed by atoms with Crippen LogP contribution in [-0.4, -0.2) is 51.9 Å². The monoisotopic (exact) mass is 445 g/mol. The van der Waals surface area contributed by atoms with Crippen LogP contribution >= 0.6 is 11.6 Å². The van der Waals surface area contributed by atoms with Crippen LogP contribution in [-0.2, 0) is 16.6 Å². The van der Waals surface area contributed by atoms with E-state index < -0.39 is 17.6 Å². The summed E-state index contributed by atoms with van der Waals surface area (Å²) in [4.78, 5) is 43.1. The van der Waals surface area contributed by atoms with Crippen molar-refractivity contribution in [1.82, 2.24) is 14.5 Å². The third-order valence-corrected chi connectivity index (χ3v) is 5.81. The summed E-state index contributed by atoms with van der Waals surface area (Å²) in [7, 11) is 1.62. The van der Waals surface area contributed by atoms with E-state index in [0.29, 0.717) is 42.0 Å². The first-order chi connectivity index (χ1) is 14.7. The van der Waals surface area contributed by atoms with Gasteiger partial charge in [-0.05, 0) is 43.3 Å². The summed E-state index contributed by atoms with van der Waals surface area (Å²) < 4.78 is 15.2. The van der Waals surface area contributed by atoms with E-state index in [1.807, 2.05) is 11.8 Å². The molecule has 2 heterocycles. The molecule has 2 N–H and O–H groups in total. The Kier molecular flexibility index (Phi) is 5.45. The molecule has 3 aromatic rings. The lowest BCUT2D eigenvalue weighted by molar-refractivity contribution is -0.143. The lowest BCUT2D eigenvalue weighted by Gasteiger charge is -2.41. The third-order valence-electron chi connectivity index (χ3n) is 5.51. The molecule has 1 atom stereocenters. The number of piperazine rings is 1. The van der Waals surface area contributed by atoms with E-state index in [1.165, 1.54) is 21.6 Å². The van der Waals surface area contributed by atoms with E-state index in [9.17, 15) is 18.8 Å². The van der Waals surface area contributed by atoms with Crippen molar-refractivity contribution in [2.75, 3.05) is 29.9 Å². The van der Waals surface area contributed by atoms with E-state index in [0.717, 1.165) is 0 Å². The van der Waals surface area contributed by atoms with Gasteiger partial charge in [-0.3, -0.25) is 14.2 Å². The number of carbonyl (C=O) groups is 2. The molecule has 1 aromatic heterocycles. The van der Waals surface area contributed by atoms with Crippen LogP contribution in [0.15, 0.2) is 41.2 Å². The standard InChI is InChI=1S/C21H21ClFN5O3/c1-12-11-27(7-8-28(12)14-4-5-15(22)16(23)10-14)20(30)19(29)24-13-3-6-17-18(9-13)26(2)21(31)25-17/h3-6,9-10,12H,7-8,11H2,1-2H3,(H,24,29)(H,25,31)/t12-/m1/s1. The van der Waals surface area contributed by atoms with Crippen molar-refractivity contribution >= 4 is 45.8 Å².